The van der Waals surface area contributed by atoms with E-state index in [1.807, 2.05) is 0 Å². The van der Waals surface area contributed by atoms with Crippen molar-refractivity contribution in [1.29, 1.82) is 0 Å². The molecule has 0 N–H and O–H groups in total. The van der Waals surface area contributed by atoms with Gasteiger partial charge in [-0.1, -0.05) is 0 Å². The molecule has 1 aromatic heterocycles. The van der Waals surface area contributed by atoms with Gasteiger partial charge in [0.2, 0.25) is 0 Å². The van der Waals surface area contributed by atoms with E-state index in [9.17, 15) is 4.79 Å². The molecule has 1 rings (SSSR count). The Morgan fingerprint density at radius 2 is 2.67 bits per heavy atom. The third kappa shape index (κ3) is 1.08. The topological polar surface area (TPSA) is 39.2 Å². The van der Waals surface area contributed by atoms with Crippen molar-refractivity contribution in [3.05, 3.63) is 11.1 Å². The van der Waals surface area contributed by atoms with Gasteiger partial charge in [-0.25, -0.2) is 0 Å². The highest BCUT2D eigenvalue weighted by Crippen LogP contribution is 2.16. The van der Waals surface area contributed by atoms with Gasteiger partial charge in [0, 0.05) is 0 Å². The number of methoxy groups -OCH3 is 1. The van der Waals surface area contributed by atoms with Crippen molar-refractivity contribution in [2.24, 2.45) is 0 Å². The fourth-order valence-electron chi connectivity index (χ4n) is 0.469. The smallest absolute Gasteiger partial charge is 0.173 e. The highest BCUT2D eigenvalue weighted by Gasteiger charge is 2.01. The highest BCUT2D eigenvalue weighted by molar-refractivity contribution is 7.04. The van der Waals surface area contributed by atoms with Crippen LogP contribution in [-0.4, -0.2) is 17.8 Å². The molecule has 0 aromatic carbocycles. The zero-order chi connectivity index (χ0) is 6.69. The third-order valence-corrected chi connectivity index (χ3v) is 1.52. The molecule has 9 heavy (non-hydrogen) atoms. The Hall–Kier alpha value is -0.900. The van der Waals surface area contributed by atoms with Gasteiger partial charge in [0.25, 0.3) is 0 Å². The van der Waals surface area contributed by atoms with E-state index in [-0.39, 0.29) is 0 Å². The number of rotatable bonds is 2. The second-order valence-corrected chi connectivity index (χ2v) is 2.02. The summed E-state index contributed by atoms with van der Waals surface area (Å²) in [6.45, 7) is 0. The van der Waals surface area contributed by atoms with Crippen LogP contribution >= 0.6 is 11.5 Å². The molecular formula is C5H5NO2S. The van der Waals surface area contributed by atoms with E-state index in [4.69, 9.17) is 4.74 Å². The third-order valence-electron chi connectivity index (χ3n) is 0.895. The van der Waals surface area contributed by atoms with Gasteiger partial charge in [-0.3, -0.25) is 4.79 Å². The van der Waals surface area contributed by atoms with E-state index < -0.39 is 0 Å². The van der Waals surface area contributed by atoms with Crippen LogP contribution < -0.4 is 4.74 Å². The zero-order valence-electron chi connectivity index (χ0n) is 4.83. The summed E-state index contributed by atoms with van der Waals surface area (Å²) >= 11 is 1.21. The first-order chi connectivity index (χ1) is 4.38. The van der Waals surface area contributed by atoms with Crippen LogP contribution in [0.1, 0.15) is 10.5 Å². The van der Waals surface area contributed by atoms with Crippen molar-refractivity contribution in [2.75, 3.05) is 7.11 Å². The first kappa shape index (κ1) is 6.22. The number of hydrogen-bond acceptors (Lipinski definition) is 4. The average Bonchev–Trinajstić information content (AvgIpc) is 2.33. The fourth-order valence-corrected chi connectivity index (χ4v) is 1.08. The lowest BCUT2D eigenvalue weighted by Crippen LogP contribution is -1.85. The van der Waals surface area contributed by atoms with E-state index in [0.717, 1.165) is 0 Å². The van der Waals surface area contributed by atoms with Crippen LogP contribution in [0.25, 0.3) is 0 Å². The predicted molar refractivity (Wildman–Crippen MR) is 34.1 cm³/mol. The molecule has 0 radical (unpaired) electrons. The number of ether oxygens (including phenoxy) is 1. The second kappa shape index (κ2) is 2.59. The summed E-state index contributed by atoms with van der Waals surface area (Å²) in [5, 5.41) is 1.68. The van der Waals surface area contributed by atoms with E-state index >= 15 is 0 Å². The monoisotopic (exact) mass is 143 g/mol. The molecule has 0 spiro atoms. The lowest BCUT2D eigenvalue weighted by atomic mass is 10.4. The Bertz CT molecular complexity index is 208. The maximum atomic E-state index is 10.1. The minimum absolute atomic E-state index is 0.377. The lowest BCUT2D eigenvalue weighted by molar-refractivity contribution is 0.111. The summed E-state index contributed by atoms with van der Waals surface area (Å²) in [6.07, 6.45) is 0.676. The first-order valence-corrected chi connectivity index (χ1v) is 3.15. The summed E-state index contributed by atoms with van der Waals surface area (Å²) in [6, 6.07) is 0. The highest BCUT2D eigenvalue weighted by atomic mass is 32.1. The Labute approximate surface area is 56.4 Å². The maximum absolute atomic E-state index is 10.1. The Balaban J connectivity index is 2.98. The Morgan fingerprint density at radius 1 is 1.89 bits per heavy atom. The van der Waals surface area contributed by atoms with Crippen molar-refractivity contribution >= 4 is 17.8 Å². The van der Waals surface area contributed by atoms with Gasteiger partial charge >= 0.3 is 0 Å². The Kier molecular flexibility index (Phi) is 1.79. The maximum Gasteiger partial charge on any atom is 0.173 e. The number of carbonyl (C=O) groups excluding carboxylic acids is 1. The SMILES string of the molecule is COc1csnc1C=O. The zero-order valence-corrected chi connectivity index (χ0v) is 5.64. The molecule has 0 saturated heterocycles. The predicted octanol–water partition coefficient (Wildman–Crippen LogP) is 0.964. The molecule has 3 nitrogen and oxygen atoms in total. The number of nitrogens with zero attached hydrogens (tertiary/aromatic N) is 1. The van der Waals surface area contributed by atoms with Crippen molar-refractivity contribution < 1.29 is 9.53 Å². The number of hydrogen-bond donors (Lipinski definition) is 0. The summed E-state index contributed by atoms with van der Waals surface area (Å²) in [5.41, 5.74) is 0.377. The minimum atomic E-state index is 0.377. The molecule has 0 unspecified atom stereocenters. The molecule has 0 aliphatic carbocycles. The molecule has 0 amide bonds. The number of aromatic nitrogens is 1. The molecule has 0 saturated carbocycles. The fraction of sp³-hybridized carbons (Fsp3) is 0.200. The largest absolute Gasteiger partial charge is 0.493 e. The van der Waals surface area contributed by atoms with Gasteiger partial charge in [0.15, 0.2) is 17.7 Å². The average molecular weight is 143 g/mol. The normalized spacial score (nSPS) is 9.00. The Morgan fingerprint density at radius 3 is 3.11 bits per heavy atom. The molecule has 1 aromatic rings. The second-order valence-electron chi connectivity index (χ2n) is 1.39. The summed E-state index contributed by atoms with van der Waals surface area (Å²) < 4.78 is 8.55. The first-order valence-electron chi connectivity index (χ1n) is 2.32. The lowest BCUT2D eigenvalue weighted by Gasteiger charge is -1.90. The molecule has 0 fully saturated rings. The molecule has 0 atom stereocenters. The molecule has 0 aliphatic rings. The van der Waals surface area contributed by atoms with Crippen molar-refractivity contribution in [1.82, 2.24) is 4.37 Å². The molecule has 0 aliphatic heterocycles. The van der Waals surface area contributed by atoms with Gasteiger partial charge in [0.05, 0.1) is 12.5 Å². The van der Waals surface area contributed by atoms with Crippen LogP contribution in [0.2, 0.25) is 0 Å². The van der Waals surface area contributed by atoms with Crippen molar-refractivity contribution in [2.45, 2.75) is 0 Å². The van der Waals surface area contributed by atoms with Crippen LogP contribution in [0.4, 0.5) is 0 Å². The van der Waals surface area contributed by atoms with E-state index in [0.29, 0.717) is 17.7 Å². The van der Waals surface area contributed by atoms with Crippen molar-refractivity contribution in [3.63, 3.8) is 0 Å². The van der Waals surface area contributed by atoms with Crippen LogP contribution in [-0.2, 0) is 0 Å². The van der Waals surface area contributed by atoms with Crippen LogP contribution in [0, 0.1) is 0 Å². The van der Waals surface area contributed by atoms with Crippen LogP contribution in [0.15, 0.2) is 5.38 Å². The van der Waals surface area contributed by atoms with Gasteiger partial charge in [-0.05, 0) is 11.5 Å². The summed E-state index contributed by atoms with van der Waals surface area (Å²) in [4.78, 5) is 10.1. The van der Waals surface area contributed by atoms with Gasteiger partial charge in [-0.2, -0.15) is 4.37 Å². The van der Waals surface area contributed by atoms with Gasteiger partial charge < -0.3 is 4.74 Å². The van der Waals surface area contributed by atoms with E-state index in [1.54, 1.807) is 5.38 Å². The number of aldehydes is 1. The van der Waals surface area contributed by atoms with E-state index in [1.165, 1.54) is 18.6 Å². The standard InChI is InChI=1S/C5H5NO2S/c1-8-5-3-9-6-4(5)2-7/h2-3H,1H3. The molecule has 48 valence electrons. The molecule has 4 heteroatoms. The van der Waals surface area contributed by atoms with Gasteiger partial charge in [-0.15, -0.1) is 0 Å². The molecular weight excluding hydrogens is 138 g/mol. The van der Waals surface area contributed by atoms with Gasteiger partial charge in [0.1, 0.15) is 0 Å². The van der Waals surface area contributed by atoms with Crippen LogP contribution in [0.3, 0.4) is 0 Å². The van der Waals surface area contributed by atoms with E-state index in [2.05, 4.69) is 4.37 Å². The van der Waals surface area contributed by atoms with Crippen LogP contribution in [0.5, 0.6) is 5.75 Å². The molecule has 0 bridgehead atoms. The minimum Gasteiger partial charge on any atom is -0.493 e. The summed E-state index contributed by atoms with van der Waals surface area (Å²) in [5.74, 6) is 0.551. The number of carbonyl (C=O) groups is 1. The summed E-state index contributed by atoms with van der Waals surface area (Å²) in [7, 11) is 1.51. The van der Waals surface area contributed by atoms with Crippen molar-refractivity contribution in [3.8, 4) is 5.75 Å². The quantitative estimate of drug-likeness (QED) is 0.579. The molecule has 1 heterocycles.